The number of rotatable bonds is 3. The summed E-state index contributed by atoms with van der Waals surface area (Å²) in [6.45, 7) is 6.48. The fourth-order valence-corrected chi connectivity index (χ4v) is 2.70. The molecule has 0 spiro atoms. The van der Waals surface area contributed by atoms with Crippen LogP contribution in [0.25, 0.3) is 0 Å². The highest BCUT2D eigenvalue weighted by Gasteiger charge is 2.20. The number of carbonyl (C=O) groups is 1. The van der Waals surface area contributed by atoms with Gasteiger partial charge in [0.05, 0.1) is 0 Å². The molecule has 20 heavy (non-hydrogen) atoms. The van der Waals surface area contributed by atoms with Gasteiger partial charge in [-0.25, -0.2) is 4.98 Å². The van der Waals surface area contributed by atoms with Crippen molar-refractivity contribution < 1.29 is 4.79 Å². The van der Waals surface area contributed by atoms with E-state index in [0.29, 0.717) is 17.4 Å². The fraction of sp³-hybridized carbons (Fsp3) is 0.455. The van der Waals surface area contributed by atoms with Crippen LogP contribution < -0.4 is 11.1 Å². The normalized spacial score (nSPS) is 11.0. The third-order valence-corrected chi connectivity index (χ3v) is 4.38. The van der Waals surface area contributed by atoms with Crippen molar-refractivity contribution in [1.29, 1.82) is 0 Å². The Balaban J connectivity index is 0.00000200. The topological polar surface area (TPSA) is 93.8 Å². The van der Waals surface area contributed by atoms with Crippen LogP contribution >= 0.6 is 35.1 Å². The number of carbonyl (C=O) groups excluding carboxylic acids is 1. The monoisotopic (exact) mass is 333 g/mol. The van der Waals surface area contributed by atoms with E-state index in [1.165, 1.54) is 22.7 Å². The maximum Gasteiger partial charge on any atom is 0.276 e. The van der Waals surface area contributed by atoms with E-state index in [1.807, 2.05) is 20.8 Å². The van der Waals surface area contributed by atoms with Gasteiger partial charge in [0.1, 0.15) is 15.7 Å². The molecular weight excluding hydrogens is 318 g/mol. The smallest absolute Gasteiger partial charge is 0.276 e. The molecule has 0 aliphatic rings. The van der Waals surface area contributed by atoms with Crippen LogP contribution in [0.3, 0.4) is 0 Å². The molecule has 0 saturated heterocycles. The third-order valence-electron chi connectivity index (χ3n) is 2.25. The second-order valence-electron chi connectivity index (χ2n) is 4.95. The summed E-state index contributed by atoms with van der Waals surface area (Å²) >= 11 is 2.74. The first-order valence-electron chi connectivity index (χ1n) is 5.70. The molecule has 2 aromatic heterocycles. The summed E-state index contributed by atoms with van der Waals surface area (Å²) in [5, 5.41) is 14.5. The van der Waals surface area contributed by atoms with Gasteiger partial charge in [-0.3, -0.25) is 10.1 Å². The number of anilines is 1. The van der Waals surface area contributed by atoms with Crippen LogP contribution in [-0.2, 0) is 12.0 Å². The minimum Gasteiger partial charge on any atom is -0.325 e. The maximum absolute atomic E-state index is 11.9. The quantitative estimate of drug-likeness (QED) is 0.899. The number of thiazole rings is 1. The van der Waals surface area contributed by atoms with Crippen molar-refractivity contribution in [2.75, 3.05) is 5.32 Å². The molecule has 0 bridgehead atoms. The van der Waals surface area contributed by atoms with Crippen LogP contribution in [0, 0.1) is 0 Å². The highest BCUT2D eigenvalue weighted by Crippen LogP contribution is 2.27. The third kappa shape index (κ3) is 3.95. The summed E-state index contributed by atoms with van der Waals surface area (Å²) in [7, 11) is 0. The molecule has 110 valence electrons. The van der Waals surface area contributed by atoms with Crippen LogP contribution in [0.4, 0.5) is 5.13 Å². The van der Waals surface area contributed by atoms with Crippen molar-refractivity contribution in [2.45, 2.75) is 32.7 Å². The SMILES string of the molecule is CC(C)(C)c1nnc(NC(=O)c2csc(CN)n2)s1.Cl. The van der Waals surface area contributed by atoms with E-state index in [-0.39, 0.29) is 23.7 Å². The van der Waals surface area contributed by atoms with Gasteiger partial charge < -0.3 is 5.73 Å². The first-order chi connectivity index (χ1) is 8.90. The molecule has 6 nitrogen and oxygen atoms in total. The number of nitrogens with zero attached hydrogens (tertiary/aromatic N) is 3. The average Bonchev–Trinajstić information content (AvgIpc) is 2.95. The highest BCUT2D eigenvalue weighted by molar-refractivity contribution is 7.15. The summed E-state index contributed by atoms with van der Waals surface area (Å²) in [6.07, 6.45) is 0. The predicted octanol–water partition coefficient (Wildman–Crippen LogP) is 2.42. The molecule has 0 aliphatic heterocycles. The zero-order chi connectivity index (χ0) is 14.0. The van der Waals surface area contributed by atoms with Gasteiger partial charge >= 0.3 is 0 Å². The second-order valence-corrected chi connectivity index (χ2v) is 6.87. The Morgan fingerprint density at radius 3 is 2.60 bits per heavy atom. The van der Waals surface area contributed by atoms with Gasteiger partial charge in [-0.2, -0.15) is 0 Å². The molecular formula is C11H16ClN5OS2. The Morgan fingerprint density at radius 2 is 2.10 bits per heavy atom. The number of aromatic nitrogens is 3. The number of amides is 1. The van der Waals surface area contributed by atoms with Gasteiger partial charge in [0, 0.05) is 17.3 Å². The molecule has 2 heterocycles. The van der Waals surface area contributed by atoms with Crippen LogP contribution in [-0.4, -0.2) is 21.1 Å². The zero-order valence-corrected chi connectivity index (χ0v) is 13.8. The van der Waals surface area contributed by atoms with Crippen molar-refractivity contribution in [1.82, 2.24) is 15.2 Å². The van der Waals surface area contributed by atoms with Crippen LogP contribution in [0.15, 0.2) is 5.38 Å². The molecule has 0 saturated carbocycles. The Labute approximate surface area is 131 Å². The minimum absolute atomic E-state index is 0. The lowest BCUT2D eigenvalue weighted by molar-refractivity contribution is 0.102. The molecule has 0 unspecified atom stereocenters. The molecule has 0 atom stereocenters. The highest BCUT2D eigenvalue weighted by atomic mass is 35.5. The van der Waals surface area contributed by atoms with E-state index in [0.717, 1.165) is 10.0 Å². The largest absolute Gasteiger partial charge is 0.325 e. The average molecular weight is 334 g/mol. The number of hydrogen-bond acceptors (Lipinski definition) is 7. The number of nitrogens with one attached hydrogen (secondary N) is 1. The second kappa shape index (κ2) is 6.57. The summed E-state index contributed by atoms with van der Waals surface area (Å²) in [5.74, 6) is -0.285. The predicted molar refractivity (Wildman–Crippen MR) is 83.8 cm³/mol. The van der Waals surface area contributed by atoms with Gasteiger partial charge in [0.2, 0.25) is 5.13 Å². The van der Waals surface area contributed by atoms with Crippen LogP contribution in [0.5, 0.6) is 0 Å². The number of halogens is 1. The van der Waals surface area contributed by atoms with Crippen molar-refractivity contribution in [3.63, 3.8) is 0 Å². The van der Waals surface area contributed by atoms with Gasteiger partial charge in [-0.1, -0.05) is 32.1 Å². The molecule has 0 aromatic carbocycles. The van der Waals surface area contributed by atoms with E-state index >= 15 is 0 Å². The molecule has 0 aliphatic carbocycles. The molecule has 3 N–H and O–H groups in total. The van der Waals surface area contributed by atoms with Crippen molar-refractivity contribution >= 4 is 46.1 Å². The Hall–Kier alpha value is -1.09. The van der Waals surface area contributed by atoms with Gasteiger partial charge in [-0.05, 0) is 0 Å². The van der Waals surface area contributed by atoms with E-state index in [9.17, 15) is 4.79 Å². The Bertz CT molecular complexity index is 590. The van der Waals surface area contributed by atoms with Gasteiger partial charge in [-0.15, -0.1) is 33.9 Å². The molecule has 1 amide bonds. The maximum atomic E-state index is 11.9. The van der Waals surface area contributed by atoms with E-state index in [1.54, 1.807) is 5.38 Å². The molecule has 0 fully saturated rings. The zero-order valence-electron chi connectivity index (χ0n) is 11.3. The minimum atomic E-state index is -0.285. The van der Waals surface area contributed by atoms with E-state index in [4.69, 9.17) is 5.73 Å². The van der Waals surface area contributed by atoms with Crippen molar-refractivity contribution in [3.8, 4) is 0 Å². The first-order valence-corrected chi connectivity index (χ1v) is 7.39. The first kappa shape index (κ1) is 17.0. The summed E-state index contributed by atoms with van der Waals surface area (Å²) < 4.78 is 0. The van der Waals surface area contributed by atoms with E-state index in [2.05, 4.69) is 20.5 Å². The molecule has 2 rings (SSSR count). The van der Waals surface area contributed by atoms with Crippen molar-refractivity contribution in [3.05, 3.63) is 21.1 Å². The lowest BCUT2D eigenvalue weighted by Gasteiger charge is -2.12. The van der Waals surface area contributed by atoms with Crippen LogP contribution in [0.2, 0.25) is 0 Å². The molecule has 2 aromatic rings. The summed E-state index contributed by atoms with van der Waals surface area (Å²) in [6, 6.07) is 0. The van der Waals surface area contributed by atoms with E-state index < -0.39 is 0 Å². The lowest BCUT2D eigenvalue weighted by Crippen LogP contribution is -2.12. The Morgan fingerprint density at radius 1 is 1.40 bits per heavy atom. The summed E-state index contributed by atoms with van der Waals surface area (Å²) in [5.41, 5.74) is 5.75. The fourth-order valence-electron chi connectivity index (χ4n) is 1.25. The standard InChI is InChI=1S/C11H15N5OS2.ClH/c1-11(2,3)9-15-16-10(19-9)14-8(17)6-5-18-7(4-12)13-6;/h5H,4,12H2,1-3H3,(H,14,16,17);1H. The summed E-state index contributed by atoms with van der Waals surface area (Å²) in [4.78, 5) is 16.1. The molecule has 9 heteroatoms. The number of nitrogens with two attached hydrogens (primary N) is 1. The lowest BCUT2D eigenvalue weighted by atomic mass is 9.98. The van der Waals surface area contributed by atoms with Gasteiger partial charge in [0.15, 0.2) is 0 Å². The number of hydrogen-bond donors (Lipinski definition) is 2. The Kier molecular flexibility index (Phi) is 5.58. The van der Waals surface area contributed by atoms with Crippen molar-refractivity contribution in [2.24, 2.45) is 5.73 Å². The van der Waals surface area contributed by atoms with Gasteiger partial charge in [0.25, 0.3) is 5.91 Å². The van der Waals surface area contributed by atoms with Crippen LogP contribution in [0.1, 0.15) is 41.3 Å². The molecule has 0 radical (unpaired) electrons.